The molecule has 0 saturated heterocycles. The summed E-state index contributed by atoms with van der Waals surface area (Å²) >= 11 is 0. The quantitative estimate of drug-likeness (QED) is 0.896. The molecule has 0 fully saturated rings. The lowest BCUT2D eigenvalue weighted by molar-refractivity contribution is 0.0657. The lowest BCUT2D eigenvalue weighted by Crippen LogP contribution is -2.18. The van der Waals surface area contributed by atoms with Gasteiger partial charge in [-0.15, -0.1) is 0 Å². The normalized spacial score (nSPS) is 21.4. The van der Waals surface area contributed by atoms with Gasteiger partial charge in [-0.1, -0.05) is 30.3 Å². The SMILES string of the molecule is COc1ccc([C@@H]2C[C@H](O)c3ccccc3O2)cc1. The van der Waals surface area contributed by atoms with E-state index in [1.54, 1.807) is 7.11 Å². The molecule has 1 heterocycles. The van der Waals surface area contributed by atoms with Crippen molar-refractivity contribution in [3.63, 3.8) is 0 Å². The molecule has 0 bridgehead atoms. The van der Waals surface area contributed by atoms with Gasteiger partial charge in [0.1, 0.15) is 17.6 Å². The Kier molecular flexibility index (Phi) is 3.13. The second-order valence-corrected chi connectivity index (χ2v) is 4.67. The molecular formula is C16H16O3. The Morgan fingerprint density at radius 3 is 2.58 bits per heavy atom. The Bertz CT molecular complexity index is 562. The summed E-state index contributed by atoms with van der Waals surface area (Å²) in [5, 5.41) is 10.2. The second-order valence-electron chi connectivity index (χ2n) is 4.67. The highest BCUT2D eigenvalue weighted by Gasteiger charge is 2.27. The molecule has 1 aliphatic rings. The third kappa shape index (κ3) is 2.29. The van der Waals surface area contributed by atoms with Crippen molar-refractivity contribution in [3.05, 3.63) is 59.7 Å². The van der Waals surface area contributed by atoms with E-state index in [0.717, 1.165) is 22.6 Å². The molecule has 0 spiro atoms. The standard InChI is InChI=1S/C16H16O3/c1-18-12-8-6-11(7-9-12)16-10-14(17)13-4-2-3-5-15(13)19-16/h2-9,14,16-17H,10H2,1H3/t14-,16-/m0/s1. The van der Waals surface area contributed by atoms with E-state index in [0.29, 0.717) is 6.42 Å². The number of fused-ring (bicyclic) bond motifs is 1. The van der Waals surface area contributed by atoms with Gasteiger partial charge in [-0.25, -0.2) is 0 Å². The highest BCUT2D eigenvalue weighted by Crippen LogP contribution is 2.40. The molecule has 0 aromatic heterocycles. The van der Waals surface area contributed by atoms with Gasteiger partial charge in [-0.05, 0) is 23.8 Å². The number of methoxy groups -OCH3 is 1. The molecule has 2 aromatic carbocycles. The van der Waals surface area contributed by atoms with Gasteiger partial charge in [-0.3, -0.25) is 0 Å². The Morgan fingerprint density at radius 1 is 1.11 bits per heavy atom. The van der Waals surface area contributed by atoms with Gasteiger partial charge >= 0.3 is 0 Å². The number of hydrogen-bond donors (Lipinski definition) is 1. The van der Waals surface area contributed by atoms with Crippen molar-refractivity contribution in [2.75, 3.05) is 7.11 Å². The molecule has 2 aromatic rings. The van der Waals surface area contributed by atoms with Crippen molar-refractivity contribution in [2.45, 2.75) is 18.6 Å². The first-order valence-electron chi connectivity index (χ1n) is 6.35. The van der Waals surface area contributed by atoms with Crippen LogP contribution in [-0.2, 0) is 0 Å². The van der Waals surface area contributed by atoms with Crippen LogP contribution < -0.4 is 9.47 Å². The third-order valence-electron chi connectivity index (χ3n) is 3.47. The number of rotatable bonds is 2. The number of para-hydroxylation sites is 1. The van der Waals surface area contributed by atoms with Crippen LogP contribution >= 0.6 is 0 Å². The van der Waals surface area contributed by atoms with Gasteiger partial charge in [0.15, 0.2) is 0 Å². The molecule has 0 saturated carbocycles. The maximum absolute atomic E-state index is 10.2. The molecule has 0 radical (unpaired) electrons. The monoisotopic (exact) mass is 256 g/mol. The molecule has 98 valence electrons. The van der Waals surface area contributed by atoms with E-state index >= 15 is 0 Å². The van der Waals surface area contributed by atoms with Crippen molar-refractivity contribution in [3.8, 4) is 11.5 Å². The van der Waals surface area contributed by atoms with E-state index < -0.39 is 6.10 Å². The van der Waals surface area contributed by atoms with Gasteiger partial charge in [0, 0.05) is 12.0 Å². The van der Waals surface area contributed by atoms with Crippen molar-refractivity contribution in [1.29, 1.82) is 0 Å². The Labute approximate surface area is 112 Å². The Morgan fingerprint density at radius 2 is 1.84 bits per heavy atom. The fourth-order valence-electron chi connectivity index (χ4n) is 2.42. The summed E-state index contributed by atoms with van der Waals surface area (Å²) in [7, 11) is 1.64. The van der Waals surface area contributed by atoms with Gasteiger partial charge in [0.25, 0.3) is 0 Å². The topological polar surface area (TPSA) is 38.7 Å². The Hall–Kier alpha value is -2.00. The minimum absolute atomic E-state index is 0.115. The van der Waals surface area contributed by atoms with Crippen LogP contribution in [0.25, 0.3) is 0 Å². The number of hydrogen-bond acceptors (Lipinski definition) is 3. The minimum Gasteiger partial charge on any atom is -0.497 e. The Balaban J connectivity index is 1.87. The first-order chi connectivity index (χ1) is 9.28. The van der Waals surface area contributed by atoms with Crippen LogP contribution in [0.2, 0.25) is 0 Å². The molecule has 2 atom stereocenters. The highest BCUT2D eigenvalue weighted by atomic mass is 16.5. The smallest absolute Gasteiger partial charge is 0.127 e. The zero-order valence-electron chi connectivity index (χ0n) is 10.7. The van der Waals surface area contributed by atoms with Crippen molar-refractivity contribution in [2.24, 2.45) is 0 Å². The van der Waals surface area contributed by atoms with Crippen LogP contribution in [-0.4, -0.2) is 12.2 Å². The average molecular weight is 256 g/mol. The van der Waals surface area contributed by atoms with Gasteiger partial charge in [0.2, 0.25) is 0 Å². The summed E-state index contributed by atoms with van der Waals surface area (Å²) in [6, 6.07) is 15.4. The first kappa shape index (κ1) is 12.1. The van der Waals surface area contributed by atoms with Crippen LogP contribution in [0.3, 0.4) is 0 Å². The predicted molar refractivity (Wildman–Crippen MR) is 72.4 cm³/mol. The molecule has 3 rings (SSSR count). The molecule has 0 amide bonds. The van der Waals surface area contributed by atoms with Crippen LogP contribution in [0.4, 0.5) is 0 Å². The van der Waals surface area contributed by atoms with Crippen LogP contribution in [0.15, 0.2) is 48.5 Å². The predicted octanol–water partition coefficient (Wildman–Crippen LogP) is 3.25. The van der Waals surface area contributed by atoms with Crippen molar-refractivity contribution < 1.29 is 14.6 Å². The summed E-state index contributed by atoms with van der Waals surface area (Å²) in [5.41, 5.74) is 1.92. The van der Waals surface area contributed by atoms with Crippen molar-refractivity contribution >= 4 is 0 Å². The van der Waals surface area contributed by atoms with E-state index in [1.165, 1.54) is 0 Å². The summed E-state index contributed by atoms with van der Waals surface area (Å²) in [4.78, 5) is 0. The van der Waals surface area contributed by atoms with E-state index in [2.05, 4.69) is 0 Å². The van der Waals surface area contributed by atoms with Gasteiger partial charge in [0.05, 0.1) is 13.2 Å². The summed E-state index contributed by atoms with van der Waals surface area (Å²) < 4.78 is 11.1. The largest absolute Gasteiger partial charge is 0.497 e. The lowest BCUT2D eigenvalue weighted by Gasteiger charge is -2.29. The molecule has 3 nitrogen and oxygen atoms in total. The minimum atomic E-state index is -0.475. The number of ether oxygens (including phenoxy) is 2. The van der Waals surface area contributed by atoms with Crippen LogP contribution in [0.5, 0.6) is 11.5 Å². The van der Waals surface area contributed by atoms with Crippen molar-refractivity contribution in [1.82, 2.24) is 0 Å². The fraction of sp³-hybridized carbons (Fsp3) is 0.250. The van der Waals surface area contributed by atoms with Crippen LogP contribution in [0.1, 0.15) is 29.8 Å². The first-order valence-corrected chi connectivity index (χ1v) is 6.35. The average Bonchev–Trinajstić information content (AvgIpc) is 2.47. The number of aliphatic hydroxyl groups is 1. The molecule has 0 unspecified atom stereocenters. The van der Waals surface area contributed by atoms with Crippen LogP contribution in [0, 0.1) is 0 Å². The maximum Gasteiger partial charge on any atom is 0.127 e. The summed E-state index contributed by atoms with van der Waals surface area (Å²) in [5.74, 6) is 1.59. The zero-order chi connectivity index (χ0) is 13.2. The number of benzene rings is 2. The highest BCUT2D eigenvalue weighted by molar-refractivity contribution is 5.39. The van der Waals surface area contributed by atoms with Gasteiger partial charge in [-0.2, -0.15) is 0 Å². The molecule has 19 heavy (non-hydrogen) atoms. The molecule has 1 aliphatic heterocycles. The molecule has 0 aliphatic carbocycles. The van der Waals surface area contributed by atoms with E-state index in [4.69, 9.17) is 9.47 Å². The third-order valence-corrected chi connectivity index (χ3v) is 3.47. The fourth-order valence-corrected chi connectivity index (χ4v) is 2.42. The van der Waals surface area contributed by atoms with E-state index in [-0.39, 0.29) is 6.10 Å². The summed E-state index contributed by atoms with van der Waals surface area (Å²) in [6.07, 6.45) is -0.0172. The molecule has 3 heteroatoms. The van der Waals surface area contributed by atoms with E-state index in [1.807, 2.05) is 48.5 Å². The second kappa shape index (κ2) is 4.94. The summed E-state index contributed by atoms with van der Waals surface area (Å²) in [6.45, 7) is 0. The van der Waals surface area contributed by atoms with Gasteiger partial charge < -0.3 is 14.6 Å². The molecular weight excluding hydrogens is 240 g/mol. The maximum atomic E-state index is 10.2. The lowest BCUT2D eigenvalue weighted by atomic mass is 9.95. The van der Waals surface area contributed by atoms with E-state index in [9.17, 15) is 5.11 Å². The molecule has 1 N–H and O–H groups in total. The number of aliphatic hydroxyl groups excluding tert-OH is 1. The zero-order valence-corrected chi connectivity index (χ0v) is 10.7.